The number of piperidine rings is 1. The SMILES string of the molecule is O=C1Nc2ccc(Cl)c(F)c2[C@@]2(CCCN(C(=O)c3cnc(C(c4ccc(F)cc4)C(F)(F)F)[nH]3)C2)O1. The lowest BCUT2D eigenvalue weighted by molar-refractivity contribution is -0.142. The number of hydrogen-bond donors (Lipinski definition) is 2. The van der Waals surface area contributed by atoms with E-state index in [1.54, 1.807) is 0 Å². The molecule has 0 radical (unpaired) electrons. The molecule has 1 saturated heterocycles. The van der Waals surface area contributed by atoms with E-state index in [0.717, 1.165) is 30.5 Å². The first-order valence-corrected chi connectivity index (χ1v) is 11.5. The third-order valence-corrected chi connectivity index (χ3v) is 6.74. The summed E-state index contributed by atoms with van der Waals surface area (Å²) in [5.41, 5.74) is -1.88. The summed E-state index contributed by atoms with van der Waals surface area (Å²) in [4.78, 5) is 33.0. The van der Waals surface area contributed by atoms with Gasteiger partial charge in [-0.25, -0.2) is 18.6 Å². The number of rotatable bonds is 3. The minimum Gasteiger partial charge on any atom is -0.436 e. The molecular weight excluding hydrogens is 523 g/mol. The molecule has 7 nitrogen and oxygen atoms in total. The molecule has 0 bridgehead atoms. The summed E-state index contributed by atoms with van der Waals surface area (Å²) in [6.07, 6.45) is -4.13. The van der Waals surface area contributed by atoms with Crippen LogP contribution in [0.5, 0.6) is 0 Å². The quantitative estimate of drug-likeness (QED) is 0.415. The van der Waals surface area contributed by atoms with Gasteiger partial charge in [0.25, 0.3) is 5.91 Å². The molecule has 3 aromatic rings. The zero-order chi connectivity index (χ0) is 26.5. The molecule has 2 amide bonds. The highest BCUT2D eigenvalue weighted by Gasteiger charge is 2.49. The van der Waals surface area contributed by atoms with Gasteiger partial charge in [-0.15, -0.1) is 0 Å². The van der Waals surface area contributed by atoms with Crippen LogP contribution in [0, 0.1) is 11.6 Å². The van der Waals surface area contributed by atoms with Crippen molar-refractivity contribution < 1.29 is 36.3 Å². The van der Waals surface area contributed by atoms with Gasteiger partial charge in [0, 0.05) is 6.54 Å². The fourth-order valence-corrected chi connectivity index (χ4v) is 5.02. The lowest BCUT2D eigenvalue weighted by Gasteiger charge is -2.45. The molecule has 2 aliphatic rings. The number of benzene rings is 2. The minimum absolute atomic E-state index is 0.00385. The number of nitrogens with zero attached hydrogens (tertiary/aromatic N) is 2. The van der Waals surface area contributed by atoms with Crippen LogP contribution < -0.4 is 5.32 Å². The number of ether oxygens (including phenoxy) is 1. The Bertz CT molecular complexity index is 1380. The number of likely N-dealkylation sites (tertiary alicyclic amines) is 1. The molecule has 2 atom stereocenters. The normalized spacial score (nSPS) is 20.3. The summed E-state index contributed by atoms with van der Waals surface area (Å²) in [6.45, 7) is -0.0728. The number of hydrogen-bond acceptors (Lipinski definition) is 4. The molecule has 1 aromatic heterocycles. The predicted octanol–water partition coefficient (Wildman–Crippen LogP) is 5.73. The molecule has 194 valence electrons. The number of aromatic nitrogens is 2. The number of alkyl halides is 3. The molecule has 1 fully saturated rings. The monoisotopic (exact) mass is 540 g/mol. The average molecular weight is 541 g/mol. The first kappa shape index (κ1) is 25.0. The van der Waals surface area contributed by atoms with Crippen molar-refractivity contribution in [2.24, 2.45) is 0 Å². The Morgan fingerprint density at radius 2 is 1.89 bits per heavy atom. The van der Waals surface area contributed by atoms with Gasteiger partial charge >= 0.3 is 12.3 Å². The van der Waals surface area contributed by atoms with E-state index in [1.807, 2.05) is 0 Å². The zero-order valence-corrected chi connectivity index (χ0v) is 19.6. The van der Waals surface area contributed by atoms with Crippen molar-refractivity contribution in [1.82, 2.24) is 14.9 Å². The Morgan fingerprint density at radius 3 is 2.59 bits per heavy atom. The van der Waals surface area contributed by atoms with Gasteiger partial charge in [-0.2, -0.15) is 13.2 Å². The number of carbonyl (C=O) groups is 2. The Balaban J connectivity index is 1.45. The summed E-state index contributed by atoms with van der Waals surface area (Å²) >= 11 is 5.96. The topological polar surface area (TPSA) is 87.3 Å². The molecule has 2 aromatic carbocycles. The molecule has 3 heterocycles. The summed E-state index contributed by atoms with van der Waals surface area (Å²) in [7, 11) is 0. The summed E-state index contributed by atoms with van der Waals surface area (Å²) in [5, 5.41) is 2.22. The molecule has 2 N–H and O–H groups in total. The number of imidazole rings is 1. The fraction of sp³-hybridized carbons (Fsp3) is 0.292. The molecule has 1 unspecified atom stereocenters. The second-order valence-electron chi connectivity index (χ2n) is 8.83. The smallest absolute Gasteiger partial charge is 0.412 e. The predicted molar refractivity (Wildman–Crippen MR) is 121 cm³/mol. The summed E-state index contributed by atoms with van der Waals surface area (Å²) < 4.78 is 75.5. The lowest BCUT2D eigenvalue weighted by Crippen LogP contribution is -2.53. The largest absolute Gasteiger partial charge is 0.436 e. The van der Waals surface area contributed by atoms with E-state index in [-0.39, 0.29) is 47.0 Å². The molecule has 37 heavy (non-hydrogen) atoms. The van der Waals surface area contributed by atoms with E-state index in [0.29, 0.717) is 6.42 Å². The number of aromatic amines is 1. The Hall–Kier alpha value is -3.67. The van der Waals surface area contributed by atoms with Gasteiger partial charge in [-0.3, -0.25) is 10.1 Å². The van der Waals surface area contributed by atoms with Crippen LogP contribution in [0.4, 0.5) is 32.4 Å². The molecule has 13 heteroatoms. The molecule has 0 saturated carbocycles. The molecular formula is C24H18ClF5N4O3. The van der Waals surface area contributed by atoms with E-state index in [1.165, 1.54) is 17.0 Å². The maximum absolute atomic E-state index is 15.1. The number of carbonyl (C=O) groups excluding carboxylic acids is 2. The third kappa shape index (κ3) is 4.50. The van der Waals surface area contributed by atoms with Crippen molar-refractivity contribution in [3.05, 3.63) is 81.9 Å². The van der Waals surface area contributed by atoms with Gasteiger partial charge in [0.15, 0.2) is 11.4 Å². The van der Waals surface area contributed by atoms with E-state index in [2.05, 4.69) is 15.3 Å². The van der Waals surface area contributed by atoms with Crippen LogP contribution in [-0.2, 0) is 10.3 Å². The molecule has 0 aliphatic carbocycles. The highest BCUT2D eigenvalue weighted by molar-refractivity contribution is 6.31. The van der Waals surface area contributed by atoms with Crippen molar-refractivity contribution in [3.8, 4) is 0 Å². The van der Waals surface area contributed by atoms with Crippen LogP contribution in [0.25, 0.3) is 0 Å². The molecule has 2 aliphatic heterocycles. The van der Waals surface area contributed by atoms with Gasteiger partial charge in [0.1, 0.15) is 23.3 Å². The van der Waals surface area contributed by atoms with Crippen molar-refractivity contribution >= 4 is 29.3 Å². The molecule has 5 rings (SSSR count). The Kier molecular flexibility index (Phi) is 6.09. The number of fused-ring (bicyclic) bond motifs is 2. The van der Waals surface area contributed by atoms with E-state index in [9.17, 15) is 27.2 Å². The number of anilines is 1. The van der Waals surface area contributed by atoms with Crippen LogP contribution in [0.15, 0.2) is 42.6 Å². The number of H-pyrrole nitrogens is 1. The lowest BCUT2D eigenvalue weighted by atomic mass is 9.83. The van der Waals surface area contributed by atoms with Gasteiger partial charge in [0.2, 0.25) is 0 Å². The Labute approximate surface area is 211 Å². The van der Waals surface area contributed by atoms with Crippen molar-refractivity contribution in [2.75, 3.05) is 18.4 Å². The van der Waals surface area contributed by atoms with E-state index in [4.69, 9.17) is 16.3 Å². The van der Waals surface area contributed by atoms with Crippen LogP contribution in [0.3, 0.4) is 0 Å². The minimum atomic E-state index is -4.78. The van der Waals surface area contributed by atoms with Crippen LogP contribution in [-0.4, -0.2) is 46.1 Å². The zero-order valence-electron chi connectivity index (χ0n) is 18.8. The molecule has 1 spiro atoms. The first-order valence-electron chi connectivity index (χ1n) is 11.1. The summed E-state index contributed by atoms with van der Waals surface area (Å²) in [6, 6.07) is 6.51. The second-order valence-corrected chi connectivity index (χ2v) is 9.24. The van der Waals surface area contributed by atoms with Crippen LogP contribution >= 0.6 is 11.6 Å². The van der Waals surface area contributed by atoms with Crippen molar-refractivity contribution in [2.45, 2.75) is 30.5 Å². The highest BCUT2D eigenvalue weighted by Crippen LogP contribution is 2.45. The third-order valence-electron chi connectivity index (χ3n) is 6.45. The fourth-order valence-electron chi connectivity index (χ4n) is 4.87. The maximum atomic E-state index is 15.1. The Morgan fingerprint density at radius 1 is 1.16 bits per heavy atom. The van der Waals surface area contributed by atoms with Crippen LogP contribution in [0.2, 0.25) is 5.02 Å². The van der Waals surface area contributed by atoms with Gasteiger partial charge in [-0.1, -0.05) is 23.7 Å². The summed E-state index contributed by atoms with van der Waals surface area (Å²) in [5.74, 6) is -4.99. The average Bonchev–Trinajstić information content (AvgIpc) is 3.30. The first-order chi connectivity index (χ1) is 17.5. The van der Waals surface area contributed by atoms with E-state index >= 15 is 4.39 Å². The van der Waals surface area contributed by atoms with Crippen molar-refractivity contribution in [3.63, 3.8) is 0 Å². The number of amides is 2. The highest BCUT2D eigenvalue weighted by atomic mass is 35.5. The van der Waals surface area contributed by atoms with Crippen LogP contribution in [0.1, 0.15) is 46.2 Å². The maximum Gasteiger partial charge on any atom is 0.412 e. The number of halogens is 6. The van der Waals surface area contributed by atoms with E-state index < -0.39 is 47.2 Å². The van der Waals surface area contributed by atoms with Crippen molar-refractivity contribution in [1.29, 1.82) is 0 Å². The van der Waals surface area contributed by atoms with Gasteiger partial charge < -0.3 is 14.6 Å². The standard InChI is InChI=1S/C24H18ClF5N4O3/c25-14-6-7-15-18(19(14)27)23(37-22(36)33-15)8-1-9-34(11-23)21(35)16-10-31-20(32-16)17(24(28,29)30)12-2-4-13(26)5-3-12/h2-7,10,17H,1,8-9,11H2,(H,31,32)(H,33,36)/t17?,23-/m0/s1. The second kappa shape index (κ2) is 9.02. The van der Waals surface area contributed by atoms with Gasteiger partial charge in [0.05, 0.1) is 29.0 Å². The number of nitrogens with one attached hydrogen (secondary N) is 2. The van der Waals surface area contributed by atoms with Gasteiger partial charge in [-0.05, 0) is 42.7 Å².